The third-order valence-corrected chi connectivity index (χ3v) is 3.76. The van der Waals surface area contributed by atoms with Gasteiger partial charge in [0.15, 0.2) is 0 Å². The molecule has 116 valence electrons. The lowest BCUT2D eigenvalue weighted by Crippen LogP contribution is -2.31. The van der Waals surface area contributed by atoms with Crippen LogP contribution in [-0.4, -0.2) is 36.7 Å². The number of ether oxygens (including phenoxy) is 1. The summed E-state index contributed by atoms with van der Waals surface area (Å²) < 4.78 is 5.28. The number of nitrogens with zero attached hydrogens (tertiary/aromatic N) is 2. The number of anilines is 2. The average molecular weight is 291 g/mol. The number of amides is 1. The molecule has 0 bridgehead atoms. The Morgan fingerprint density at radius 3 is 2.76 bits per heavy atom. The van der Waals surface area contributed by atoms with Gasteiger partial charge in [-0.2, -0.15) is 0 Å². The molecule has 0 radical (unpaired) electrons. The highest BCUT2D eigenvalue weighted by Gasteiger charge is 2.16. The smallest absolute Gasteiger partial charge is 0.253 e. The second-order valence-corrected chi connectivity index (χ2v) is 5.50. The minimum absolute atomic E-state index is 0.135. The van der Waals surface area contributed by atoms with Crippen molar-refractivity contribution in [3.63, 3.8) is 0 Å². The third kappa shape index (κ3) is 4.17. The van der Waals surface area contributed by atoms with E-state index >= 15 is 0 Å². The largest absolute Gasteiger partial charge is 0.369 e. The summed E-state index contributed by atoms with van der Waals surface area (Å²) in [4.78, 5) is 18.8. The molecule has 1 atom stereocenters. The lowest BCUT2D eigenvalue weighted by molar-refractivity contribution is -0.126. The molecule has 1 fully saturated rings. The molecule has 1 amide bonds. The van der Waals surface area contributed by atoms with Gasteiger partial charge in [0.25, 0.3) is 5.91 Å². The zero-order valence-corrected chi connectivity index (χ0v) is 13.2. The standard InChI is InChI=1S/C16H25N3O2/c1-4-21-13(3)16(20)18-14-10-12(2)15(17-11-14)19-8-6-5-7-9-19/h10-11,13H,4-9H2,1-3H3,(H,18,20). The van der Waals surface area contributed by atoms with Gasteiger partial charge < -0.3 is 15.0 Å². The van der Waals surface area contributed by atoms with Gasteiger partial charge in [0.2, 0.25) is 0 Å². The molecule has 1 aliphatic heterocycles. The van der Waals surface area contributed by atoms with Gasteiger partial charge in [-0.15, -0.1) is 0 Å². The Balaban J connectivity index is 2.03. The highest BCUT2D eigenvalue weighted by molar-refractivity contribution is 5.93. The Hall–Kier alpha value is -1.62. The number of carbonyl (C=O) groups is 1. The first kappa shape index (κ1) is 15.8. The molecule has 1 N–H and O–H groups in total. The Labute approximate surface area is 126 Å². The van der Waals surface area contributed by atoms with Gasteiger partial charge in [-0.3, -0.25) is 4.79 Å². The average Bonchev–Trinajstić information content (AvgIpc) is 2.48. The number of hydrogen-bond donors (Lipinski definition) is 1. The van der Waals surface area contributed by atoms with Crippen molar-refractivity contribution in [3.8, 4) is 0 Å². The zero-order valence-electron chi connectivity index (χ0n) is 13.2. The summed E-state index contributed by atoms with van der Waals surface area (Å²) in [5.41, 5.74) is 1.82. The summed E-state index contributed by atoms with van der Waals surface area (Å²) in [6.45, 7) is 8.34. The van der Waals surface area contributed by atoms with Crippen molar-refractivity contribution in [2.24, 2.45) is 0 Å². The second kappa shape index (κ2) is 7.41. The molecule has 5 heteroatoms. The van der Waals surface area contributed by atoms with Crippen LogP contribution in [-0.2, 0) is 9.53 Å². The number of pyridine rings is 1. The fourth-order valence-electron chi connectivity index (χ4n) is 2.64. The van der Waals surface area contributed by atoms with Crippen molar-refractivity contribution in [2.45, 2.75) is 46.1 Å². The molecule has 1 aromatic rings. The molecule has 2 rings (SSSR count). The van der Waals surface area contributed by atoms with Crippen LogP contribution in [0.1, 0.15) is 38.7 Å². The Kier molecular flexibility index (Phi) is 5.56. The van der Waals surface area contributed by atoms with E-state index in [0.717, 1.165) is 30.2 Å². The second-order valence-electron chi connectivity index (χ2n) is 5.50. The summed E-state index contributed by atoms with van der Waals surface area (Å²) >= 11 is 0. The van der Waals surface area contributed by atoms with Crippen LogP contribution >= 0.6 is 0 Å². The molecule has 1 saturated heterocycles. The number of hydrogen-bond acceptors (Lipinski definition) is 4. The van der Waals surface area contributed by atoms with E-state index in [0.29, 0.717) is 6.61 Å². The van der Waals surface area contributed by atoms with Gasteiger partial charge in [0, 0.05) is 19.7 Å². The summed E-state index contributed by atoms with van der Waals surface area (Å²) in [6.07, 6.45) is 5.04. The monoisotopic (exact) mass is 291 g/mol. The van der Waals surface area contributed by atoms with Crippen LogP contribution in [0.3, 0.4) is 0 Å². The number of rotatable bonds is 5. The molecular formula is C16H25N3O2. The van der Waals surface area contributed by atoms with E-state index in [4.69, 9.17) is 4.74 Å². The highest BCUT2D eigenvalue weighted by Crippen LogP contribution is 2.23. The van der Waals surface area contributed by atoms with Gasteiger partial charge in [-0.25, -0.2) is 4.98 Å². The molecule has 2 heterocycles. The minimum atomic E-state index is -0.447. The molecule has 1 unspecified atom stereocenters. The van der Waals surface area contributed by atoms with Crippen LogP contribution in [0.15, 0.2) is 12.3 Å². The molecule has 0 aromatic carbocycles. The number of aryl methyl sites for hydroxylation is 1. The number of nitrogens with one attached hydrogen (secondary N) is 1. The van der Waals surface area contributed by atoms with E-state index in [2.05, 4.69) is 15.2 Å². The maximum atomic E-state index is 11.9. The first-order valence-corrected chi connectivity index (χ1v) is 7.76. The van der Waals surface area contributed by atoms with Crippen LogP contribution in [0.2, 0.25) is 0 Å². The SMILES string of the molecule is CCOC(C)C(=O)Nc1cnc(N2CCCCC2)c(C)c1. The molecule has 5 nitrogen and oxygen atoms in total. The summed E-state index contributed by atoms with van der Waals surface area (Å²) in [5.74, 6) is 0.898. The van der Waals surface area contributed by atoms with E-state index in [9.17, 15) is 4.79 Å². The van der Waals surface area contributed by atoms with E-state index in [1.165, 1.54) is 19.3 Å². The van der Waals surface area contributed by atoms with Crippen molar-refractivity contribution < 1.29 is 9.53 Å². The van der Waals surface area contributed by atoms with Crippen molar-refractivity contribution in [3.05, 3.63) is 17.8 Å². The molecule has 0 spiro atoms. The van der Waals surface area contributed by atoms with Gasteiger partial charge in [-0.05, 0) is 51.7 Å². The summed E-state index contributed by atoms with van der Waals surface area (Å²) in [6, 6.07) is 1.98. The van der Waals surface area contributed by atoms with Gasteiger partial charge in [0.05, 0.1) is 11.9 Å². The van der Waals surface area contributed by atoms with Crippen molar-refractivity contribution in [1.29, 1.82) is 0 Å². The third-order valence-electron chi connectivity index (χ3n) is 3.76. The molecular weight excluding hydrogens is 266 g/mol. The number of carbonyl (C=O) groups excluding carboxylic acids is 1. The maximum absolute atomic E-state index is 11.9. The molecule has 0 saturated carbocycles. The normalized spacial score (nSPS) is 16.6. The fraction of sp³-hybridized carbons (Fsp3) is 0.625. The minimum Gasteiger partial charge on any atom is -0.369 e. The van der Waals surface area contributed by atoms with Crippen LogP contribution in [0.25, 0.3) is 0 Å². The fourth-order valence-corrected chi connectivity index (χ4v) is 2.64. The lowest BCUT2D eigenvalue weighted by atomic mass is 10.1. The van der Waals surface area contributed by atoms with Gasteiger partial charge >= 0.3 is 0 Å². The van der Waals surface area contributed by atoms with Crippen LogP contribution < -0.4 is 10.2 Å². The Bertz CT molecular complexity index is 484. The molecule has 1 aliphatic rings. The van der Waals surface area contributed by atoms with Gasteiger partial charge in [0.1, 0.15) is 11.9 Å². The zero-order chi connectivity index (χ0) is 15.2. The van der Waals surface area contributed by atoms with Gasteiger partial charge in [-0.1, -0.05) is 0 Å². The number of aromatic nitrogens is 1. The van der Waals surface area contributed by atoms with Crippen LogP contribution in [0.5, 0.6) is 0 Å². The predicted octanol–water partition coefficient (Wildman–Crippen LogP) is 2.74. The number of piperidine rings is 1. The van der Waals surface area contributed by atoms with E-state index in [-0.39, 0.29) is 5.91 Å². The Morgan fingerprint density at radius 2 is 2.14 bits per heavy atom. The van der Waals surface area contributed by atoms with Crippen molar-refractivity contribution in [1.82, 2.24) is 4.98 Å². The maximum Gasteiger partial charge on any atom is 0.253 e. The van der Waals surface area contributed by atoms with Crippen molar-refractivity contribution >= 4 is 17.4 Å². The lowest BCUT2D eigenvalue weighted by Gasteiger charge is -2.29. The van der Waals surface area contributed by atoms with Crippen molar-refractivity contribution in [2.75, 3.05) is 29.9 Å². The summed E-state index contributed by atoms with van der Waals surface area (Å²) in [5, 5.41) is 2.85. The van der Waals surface area contributed by atoms with Crippen LogP contribution in [0, 0.1) is 6.92 Å². The first-order chi connectivity index (χ1) is 10.1. The summed E-state index contributed by atoms with van der Waals surface area (Å²) in [7, 11) is 0. The van der Waals surface area contributed by atoms with Crippen LogP contribution in [0.4, 0.5) is 11.5 Å². The molecule has 1 aromatic heterocycles. The van der Waals surface area contributed by atoms with E-state index in [1.54, 1.807) is 13.1 Å². The predicted molar refractivity (Wildman–Crippen MR) is 84.8 cm³/mol. The quantitative estimate of drug-likeness (QED) is 0.906. The molecule has 21 heavy (non-hydrogen) atoms. The van der Waals surface area contributed by atoms with E-state index < -0.39 is 6.10 Å². The topological polar surface area (TPSA) is 54.5 Å². The van der Waals surface area contributed by atoms with E-state index in [1.807, 2.05) is 19.9 Å². The highest BCUT2D eigenvalue weighted by atomic mass is 16.5. The first-order valence-electron chi connectivity index (χ1n) is 7.76. The Morgan fingerprint density at radius 1 is 1.43 bits per heavy atom. The molecule has 0 aliphatic carbocycles.